The number of aromatic nitrogens is 3. The molecule has 0 aliphatic carbocycles. The molecule has 0 saturated carbocycles. The van der Waals surface area contributed by atoms with Crippen LogP contribution < -0.4 is 11.1 Å². The highest BCUT2D eigenvalue weighted by Crippen LogP contribution is 2.23. The van der Waals surface area contributed by atoms with Crippen LogP contribution in [0.15, 0.2) is 28.1 Å². The minimum atomic E-state index is 0.239. The molecule has 3 rings (SSSR count). The average molecular weight is 247 g/mol. The molecule has 0 aliphatic heterocycles. The molecule has 86 valence electrons. The Labute approximate surface area is 100 Å². The first-order valence-electron chi connectivity index (χ1n) is 4.98. The third-order valence-electron chi connectivity index (χ3n) is 2.22. The lowest BCUT2D eigenvalue weighted by Gasteiger charge is -1.99. The smallest absolute Gasteiger partial charge is 0.320 e. The Morgan fingerprint density at radius 1 is 1.35 bits per heavy atom. The van der Waals surface area contributed by atoms with Crippen LogP contribution in [0.3, 0.4) is 0 Å². The molecule has 0 spiro atoms. The molecule has 0 atom stereocenters. The zero-order chi connectivity index (χ0) is 11.7. The number of benzene rings is 1. The molecule has 3 N–H and O–H groups in total. The van der Waals surface area contributed by atoms with Crippen molar-refractivity contribution in [1.29, 1.82) is 0 Å². The fourth-order valence-corrected chi connectivity index (χ4v) is 2.16. The van der Waals surface area contributed by atoms with Crippen LogP contribution in [0.4, 0.5) is 11.7 Å². The van der Waals surface area contributed by atoms with Crippen molar-refractivity contribution in [3.05, 3.63) is 29.6 Å². The third-order valence-corrected chi connectivity index (χ3v) is 3.02. The number of hydrogen-bond donors (Lipinski definition) is 2. The molecule has 0 unspecified atom stereocenters. The van der Waals surface area contributed by atoms with Crippen molar-refractivity contribution in [1.82, 2.24) is 15.2 Å². The van der Waals surface area contributed by atoms with E-state index in [2.05, 4.69) is 20.5 Å². The topological polar surface area (TPSA) is 89.9 Å². The van der Waals surface area contributed by atoms with Gasteiger partial charge in [-0.2, -0.15) is 0 Å². The van der Waals surface area contributed by atoms with E-state index in [9.17, 15) is 0 Å². The Kier molecular flexibility index (Phi) is 2.46. The predicted molar refractivity (Wildman–Crippen MR) is 65.1 cm³/mol. The van der Waals surface area contributed by atoms with Crippen molar-refractivity contribution >= 4 is 33.3 Å². The maximum Gasteiger partial charge on any atom is 0.320 e. The summed E-state index contributed by atoms with van der Waals surface area (Å²) in [6.07, 6.45) is 0. The zero-order valence-electron chi connectivity index (χ0n) is 8.75. The Bertz CT molecular complexity index is 647. The fraction of sp³-hybridized carbons (Fsp3) is 0.100. The van der Waals surface area contributed by atoms with Gasteiger partial charge in [0.1, 0.15) is 0 Å². The number of thiazole rings is 1. The molecular formula is C10H9N5OS. The SMILES string of the molecule is NCc1nnc(Nc2ccc3ncsc3c2)o1. The van der Waals surface area contributed by atoms with Crippen molar-refractivity contribution in [3.8, 4) is 0 Å². The molecule has 0 radical (unpaired) electrons. The first kappa shape index (κ1) is 10.2. The zero-order valence-corrected chi connectivity index (χ0v) is 9.57. The first-order chi connectivity index (χ1) is 8.35. The van der Waals surface area contributed by atoms with E-state index in [0.29, 0.717) is 11.9 Å². The van der Waals surface area contributed by atoms with Gasteiger partial charge in [0.25, 0.3) is 0 Å². The van der Waals surface area contributed by atoms with Crippen LogP contribution in [-0.2, 0) is 6.54 Å². The largest absolute Gasteiger partial charge is 0.406 e. The lowest BCUT2D eigenvalue weighted by molar-refractivity contribution is 0.511. The number of nitrogens with zero attached hydrogens (tertiary/aromatic N) is 3. The van der Waals surface area contributed by atoms with Gasteiger partial charge >= 0.3 is 6.01 Å². The summed E-state index contributed by atoms with van der Waals surface area (Å²) in [5.41, 5.74) is 9.06. The number of nitrogens with two attached hydrogens (primary N) is 1. The molecule has 7 heteroatoms. The van der Waals surface area contributed by atoms with E-state index in [0.717, 1.165) is 15.9 Å². The summed E-state index contributed by atoms with van der Waals surface area (Å²) in [5.74, 6) is 0.409. The van der Waals surface area contributed by atoms with Gasteiger partial charge in [0.15, 0.2) is 0 Å². The van der Waals surface area contributed by atoms with Gasteiger partial charge in [-0.15, -0.1) is 16.4 Å². The maximum absolute atomic E-state index is 5.39. The van der Waals surface area contributed by atoms with E-state index in [1.165, 1.54) is 0 Å². The summed E-state index contributed by atoms with van der Waals surface area (Å²) < 4.78 is 6.36. The van der Waals surface area contributed by atoms with Gasteiger partial charge in [0.2, 0.25) is 5.89 Å². The standard InChI is InChI=1S/C10H9N5OS/c11-4-9-14-15-10(16-9)13-6-1-2-7-8(3-6)17-5-12-7/h1-3,5H,4,11H2,(H,13,15). The highest BCUT2D eigenvalue weighted by molar-refractivity contribution is 7.16. The van der Waals surface area contributed by atoms with E-state index in [1.54, 1.807) is 11.3 Å². The first-order valence-corrected chi connectivity index (χ1v) is 5.86. The molecule has 2 heterocycles. The second-order valence-corrected chi connectivity index (χ2v) is 4.25. The van der Waals surface area contributed by atoms with Gasteiger partial charge in [-0.05, 0) is 18.2 Å². The third kappa shape index (κ3) is 1.97. The summed E-state index contributed by atoms with van der Waals surface area (Å²) in [4.78, 5) is 4.21. The van der Waals surface area contributed by atoms with Crippen molar-refractivity contribution in [2.75, 3.05) is 5.32 Å². The van der Waals surface area contributed by atoms with Crippen LogP contribution in [0.25, 0.3) is 10.2 Å². The predicted octanol–water partition coefficient (Wildman–Crippen LogP) is 1.88. The van der Waals surface area contributed by atoms with E-state index in [1.807, 2.05) is 23.7 Å². The van der Waals surface area contributed by atoms with Gasteiger partial charge in [0, 0.05) is 5.69 Å². The van der Waals surface area contributed by atoms with Crippen LogP contribution in [0, 0.1) is 0 Å². The van der Waals surface area contributed by atoms with Gasteiger partial charge < -0.3 is 15.5 Å². The Balaban J connectivity index is 1.88. The number of fused-ring (bicyclic) bond motifs is 1. The summed E-state index contributed by atoms with van der Waals surface area (Å²) >= 11 is 1.58. The number of anilines is 2. The molecule has 17 heavy (non-hydrogen) atoms. The van der Waals surface area contributed by atoms with E-state index in [4.69, 9.17) is 10.2 Å². The van der Waals surface area contributed by atoms with Crippen LogP contribution >= 0.6 is 11.3 Å². The van der Waals surface area contributed by atoms with Crippen molar-refractivity contribution in [3.63, 3.8) is 0 Å². The van der Waals surface area contributed by atoms with E-state index >= 15 is 0 Å². The fourth-order valence-electron chi connectivity index (χ4n) is 1.44. The van der Waals surface area contributed by atoms with Gasteiger partial charge in [0.05, 0.1) is 22.3 Å². The van der Waals surface area contributed by atoms with Crippen LogP contribution in [0.1, 0.15) is 5.89 Å². The molecular weight excluding hydrogens is 238 g/mol. The van der Waals surface area contributed by atoms with E-state index < -0.39 is 0 Å². The molecule has 0 aliphatic rings. The Morgan fingerprint density at radius 3 is 3.12 bits per heavy atom. The minimum absolute atomic E-state index is 0.239. The van der Waals surface area contributed by atoms with Gasteiger partial charge in [-0.3, -0.25) is 0 Å². The van der Waals surface area contributed by atoms with E-state index in [-0.39, 0.29) is 6.54 Å². The second kappa shape index (κ2) is 4.11. The van der Waals surface area contributed by atoms with Crippen LogP contribution in [0.5, 0.6) is 0 Å². The van der Waals surface area contributed by atoms with Crippen molar-refractivity contribution in [2.24, 2.45) is 5.73 Å². The highest BCUT2D eigenvalue weighted by atomic mass is 32.1. The maximum atomic E-state index is 5.39. The minimum Gasteiger partial charge on any atom is -0.406 e. The molecule has 0 fully saturated rings. The molecule has 1 aromatic carbocycles. The summed E-state index contributed by atoms with van der Waals surface area (Å²) in [6, 6.07) is 6.18. The monoisotopic (exact) mass is 247 g/mol. The molecule has 6 nitrogen and oxygen atoms in total. The summed E-state index contributed by atoms with van der Waals surface area (Å²) in [5, 5.41) is 10.6. The highest BCUT2D eigenvalue weighted by Gasteiger charge is 2.05. The quantitative estimate of drug-likeness (QED) is 0.734. The number of rotatable bonds is 3. The molecule has 2 aromatic heterocycles. The van der Waals surface area contributed by atoms with Crippen LogP contribution in [0.2, 0.25) is 0 Å². The van der Waals surface area contributed by atoms with Gasteiger partial charge in [-0.1, -0.05) is 5.10 Å². The molecule has 3 aromatic rings. The lowest BCUT2D eigenvalue weighted by Crippen LogP contribution is -1.95. The molecule has 0 amide bonds. The summed E-state index contributed by atoms with van der Waals surface area (Å²) in [7, 11) is 0. The van der Waals surface area contributed by atoms with Crippen LogP contribution in [-0.4, -0.2) is 15.2 Å². The summed E-state index contributed by atoms with van der Waals surface area (Å²) in [6.45, 7) is 0.239. The van der Waals surface area contributed by atoms with Gasteiger partial charge in [-0.25, -0.2) is 4.98 Å². The Morgan fingerprint density at radius 2 is 2.29 bits per heavy atom. The van der Waals surface area contributed by atoms with Crippen molar-refractivity contribution < 1.29 is 4.42 Å². The molecule has 0 bridgehead atoms. The molecule has 0 saturated heterocycles. The lowest BCUT2D eigenvalue weighted by atomic mass is 10.3. The normalized spacial score (nSPS) is 10.9. The second-order valence-electron chi connectivity index (χ2n) is 3.36. The van der Waals surface area contributed by atoms with Crippen molar-refractivity contribution in [2.45, 2.75) is 6.54 Å². The Hall–Kier alpha value is -1.99. The average Bonchev–Trinajstić information content (AvgIpc) is 2.96. The number of nitrogens with one attached hydrogen (secondary N) is 1. The number of hydrogen-bond acceptors (Lipinski definition) is 7.